The van der Waals surface area contributed by atoms with Crippen LogP contribution < -0.4 is 10.6 Å². The molecule has 1 aliphatic rings. The SMILES string of the molecule is Cc1cc(NC(=O)NCC(c2ccco2)N2CCCCC2)ccc1[N+](=O)[O-]. The summed E-state index contributed by atoms with van der Waals surface area (Å²) in [5, 5.41) is 16.5. The lowest BCUT2D eigenvalue weighted by molar-refractivity contribution is -0.385. The minimum atomic E-state index is -0.439. The number of rotatable bonds is 6. The summed E-state index contributed by atoms with van der Waals surface area (Å²) in [7, 11) is 0. The van der Waals surface area contributed by atoms with Crippen LogP contribution in [-0.2, 0) is 0 Å². The van der Waals surface area contributed by atoms with E-state index in [2.05, 4.69) is 15.5 Å². The number of hydrogen-bond acceptors (Lipinski definition) is 5. The van der Waals surface area contributed by atoms with Crippen molar-refractivity contribution in [2.24, 2.45) is 0 Å². The van der Waals surface area contributed by atoms with E-state index < -0.39 is 4.92 Å². The molecule has 1 atom stereocenters. The lowest BCUT2D eigenvalue weighted by Gasteiger charge is -2.33. The summed E-state index contributed by atoms with van der Waals surface area (Å²) in [5.41, 5.74) is 1.05. The van der Waals surface area contributed by atoms with Crippen molar-refractivity contribution >= 4 is 17.4 Å². The molecule has 1 unspecified atom stereocenters. The van der Waals surface area contributed by atoms with Gasteiger partial charge in [-0.25, -0.2) is 4.79 Å². The first-order valence-corrected chi connectivity index (χ1v) is 9.12. The van der Waals surface area contributed by atoms with Crippen molar-refractivity contribution in [1.29, 1.82) is 0 Å². The van der Waals surface area contributed by atoms with E-state index in [1.54, 1.807) is 19.3 Å². The molecule has 2 amide bonds. The number of nitro benzene ring substituents is 1. The quantitative estimate of drug-likeness (QED) is 0.592. The molecule has 2 aromatic rings. The number of hydrogen-bond donors (Lipinski definition) is 2. The Hall–Kier alpha value is -2.87. The third-order valence-electron chi connectivity index (χ3n) is 4.81. The fourth-order valence-corrected chi connectivity index (χ4v) is 3.42. The topological polar surface area (TPSA) is 101 Å². The predicted molar refractivity (Wildman–Crippen MR) is 102 cm³/mol. The highest BCUT2D eigenvalue weighted by Gasteiger charge is 2.25. The Kier molecular flexibility index (Phi) is 6.08. The monoisotopic (exact) mass is 372 g/mol. The van der Waals surface area contributed by atoms with Gasteiger partial charge in [-0.15, -0.1) is 0 Å². The summed E-state index contributed by atoms with van der Waals surface area (Å²) >= 11 is 0. The summed E-state index contributed by atoms with van der Waals surface area (Å²) in [5.74, 6) is 0.836. The highest BCUT2D eigenvalue weighted by Crippen LogP contribution is 2.25. The van der Waals surface area contributed by atoms with Crippen LogP contribution in [0.4, 0.5) is 16.2 Å². The molecule has 1 fully saturated rings. The Morgan fingerprint density at radius 2 is 2.07 bits per heavy atom. The van der Waals surface area contributed by atoms with E-state index in [-0.39, 0.29) is 17.8 Å². The van der Waals surface area contributed by atoms with E-state index >= 15 is 0 Å². The molecule has 1 saturated heterocycles. The molecular formula is C19H24N4O4. The number of likely N-dealkylation sites (tertiary alicyclic amines) is 1. The van der Waals surface area contributed by atoms with Crippen LogP contribution in [0.1, 0.15) is 36.6 Å². The second-order valence-electron chi connectivity index (χ2n) is 6.72. The van der Waals surface area contributed by atoms with Gasteiger partial charge in [0.15, 0.2) is 0 Å². The van der Waals surface area contributed by atoms with E-state index in [0.29, 0.717) is 17.8 Å². The van der Waals surface area contributed by atoms with Crippen molar-refractivity contribution in [2.75, 3.05) is 25.0 Å². The minimum absolute atomic E-state index is 0.00959. The number of anilines is 1. The Labute approximate surface area is 157 Å². The zero-order valence-electron chi connectivity index (χ0n) is 15.3. The Bertz CT molecular complexity index is 785. The normalized spacial score (nSPS) is 15.9. The molecule has 0 spiro atoms. The molecule has 8 nitrogen and oxygen atoms in total. The standard InChI is InChI=1S/C19H24N4O4/c1-14-12-15(7-8-16(14)23(25)26)21-19(24)20-13-17(18-6-5-11-27-18)22-9-3-2-4-10-22/h5-8,11-12,17H,2-4,9-10,13H2,1H3,(H2,20,21,24). The minimum Gasteiger partial charge on any atom is -0.468 e. The van der Waals surface area contributed by atoms with Gasteiger partial charge in [-0.2, -0.15) is 0 Å². The molecule has 0 radical (unpaired) electrons. The largest absolute Gasteiger partial charge is 0.468 e. The average Bonchev–Trinajstić information content (AvgIpc) is 3.17. The lowest BCUT2D eigenvalue weighted by atomic mass is 10.1. The Morgan fingerprint density at radius 1 is 1.30 bits per heavy atom. The molecule has 0 aliphatic carbocycles. The molecular weight excluding hydrogens is 348 g/mol. The van der Waals surface area contributed by atoms with E-state index in [1.807, 2.05) is 12.1 Å². The Balaban J connectivity index is 1.60. The van der Waals surface area contributed by atoms with Gasteiger partial charge in [-0.05, 0) is 57.1 Å². The molecule has 0 bridgehead atoms. The first-order valence-electron chi connectivity index (χ1n) is 9.12. The van der Waals surface area contributed by atoms with E-state index in [1.165, 1.54) is 18.6 Å². The maximum atomic E-state index is 12.3. The number of nitrogens with one attached hydrogen (secondary N) is 2. The van der Waals surface area contributed by atoms with Gasteiger partial charge in [0, 0.05) is 23.9 Å². The van der Waals surface area contributed by atoms with Gasteiger partial charge in [0.25, 0.3) is 5.69 Å². The van der Waals surface area contributed by atoms with Crippen molar-refractivity contribution in [2.45, 2.75) is 32.2 Å². The van der Waals surface area contributed by atoms with Crippen molar-refractivity contribution in [3.05, 3.63) is 58.0 Å². The molecule has 27 heavy (non-hydrogen) atoms. The second-order valence-corrected chi connectivity index (χ2v) is 6.72. The fraction of sp³-hybridized carbons (Fsp3) is 0.421. The van der Waals surface area contributed by atoms with E-state index in [4.69, 9.17) is 4.42 Å². The number of urea groups is 1. The Morgan fingerprint density at radius 3 is 2.70 bits per heavy atom. The first kappa shape index (κ1) is 18.9. The number of carbonyl (C=O) groups excluding carboxylic acids is 1. The van der Waals surface area contributed by atoms with Crippen LogP contribution in [-0.4, -0.2) is 35.5 Å². The molecule has 1 aromatic heterocycles. The van der Waals surface area contributed by atoms with Crippen LogP contribution in [0, 0.1) is 17.0 Å². The molecule has 8 heteroatoms. The van der Waals surface area contributed by atoms with Gasteiger partial charge in [0.2, 0.25) is 0 Å². The molecule has 3 rings (SSSR count). The maximum absolute atomic E-state index is 12.3. The van der Waals surface area contributed by atoms with Crippen molar-refractivity contribution in [1.82, 2.24) is 10.2 Å². The number of aryl methyl sites for hydroxylation is 1. The summed E-state index contributed by atoms with van der Waals surface area (Å²) < 4.78 is 5.57. The third kappa shape index (κ3) is 4.85. The zero-order valence-corrected chi connectivity index (χ0v) is 15.3. The maximum Gasteiger partial charge on any atom is 0.319 e. The average molecular weight is 372 g/mol. The van der Waals surface area contributed by atoms with Crippen LogP contribution in [0.2, 0.25) is 0 Å². The third-order valence-corrected chi connectivity index (χ3v) is 4.81. The van der Waals surface area contributed by atoms with Crippen molar-refractivity contribution < 1.29 is 14.1 Å². The van der Waals surface area contributed by atoms with Crippen LogP contribution >= 0.6 is 0 Å². The summed E-state index contributed by atoms with van der Waals surface area (Å²) in [4.78, 5) is 25.1. The molecule has 2 N–H and O–H groups in total. The molecule has 2 heterocycles. The number of nitro groups is 1. The number of carbonyl (C=O) groups is 1. The first-order chi connectivity index (χ1) is 13.0. The highest BCUT2D eigenvalue weighted by atomic mass is 16.6. The molecule has 1 aromatic carbocycles. The highest BCUT2D eigenvalue weighted by molar-refractivity contribution is 5.89. The van der Waals surface area contributed by atoms with Gasteiger partial charge < -0.3 is 15.1 Å². The van der Waals surface area contributed by atoms with Crippen molar-refractivity contribution in [3.63, 3.8) is 0 Å². The molecule has 1 aliphatic heterocycles. The number of amides is 2. The van der Waals surface area contributed by atoms with Gasteiger partial charge >= 0.3 is 6.03 Å². The van der Waals surface area contributed by atoms with E-state index in [9.17, 15) is 14.9 Å². The van der Waals surface area contributed by atoms with Crippen LogP contribution in [0.15, 0.2) is 41.0 Å². The summed E-state index contributed by atoms with van der Waals surface area (Å²) in [6.07, 6.45) is 5.16. The summed E-state index contributed by atoms with van der Waals surface area (Å²) in [6, 6.07) is 7.93. The lowest BCUT2D eigenvalue weighted by Crippen LogP contribution is -2.41. The second kappa shape index (κ2) is 8.68. The predicted octanol–water partition coefficient (Wildman–Crippen LogP) is 3.84. The van der Waals surface area contributed by atoms with Crippen LogP contribution in [0.3, 0.4) is 0 Å². The smallest absolute Gasteiger partial charge is 0.319 e. The van der Waals surface area contributed by atoms with Gasteiger partial charge in [-0.1, -0.05) is 6.42 Å². The zero-order chi connectivity index (χ0) is 19.2. The van der Waals surface area contributed by atoms with Crippen molar-refractivity contribution in [3.8, 4) is 0 Å². The molecule has 0 saturated carbocycles. The fourth-order valence-electron chi connectivity index (χ4n) is 3.42. The van der Waals surface area contributed by atoms with E-state index in [0.717, 1.165) is 31.7 Å². The molecule has 144 valence electrons. The number of benzene rings is 1. The van der Waals surface area contributed by atoms with Crippen LogP contribution in [0.5, 0.6) is 0 Å². The van der Waals surface area contributed by atoms with Crippen LogP contribution in [0.25, 0.3) is 0 Å². The van der Waals surface area contributed by atoms with Gasteiger partial charge in [0.1, 0.15) is 5.76 Å². The number of nitrogens with zero attached hydrogens (tertiary/aromatic N) is 2. The van der Waals surface area contributed by atoms with Gasteiger partial charge in [-0.3, -0.25) is 15.0 Å². The summed E-state index contributed by atoms with van der Waals surface area (Å²) in [6.45, 7) is 4.03. The van der Waals surface area contributed by atoms with Gasteiger partial charge in [0.05, 0.1) is 17.2 Å². The number of furan rings is 1. The number of piperidine rings is 1.